The number of halogens is 3. The predicted molar refractivity (Wildman–Crippen MR) is 111 cm³/mol. The quantitative estimate of drug-likeness (QED) is 0.715. The van der Waals surface area contributed by atoms with Gasteiger partial charge in [-0.25, -0.2) is 0 Å². The van der Waals surface area contributed by atoms with Crippen LogP contribution in [0.4, 0.5) is 13.2 Å². The minimum absolute atomic E-state index is 0.0428. The molecule has 0 radical (unpaired) electrons. The summed E-state index contributed by atoms with van der Waals surface area (Å²) in [4.78, 5) is 31.5. The highest BCUT2D eigenvalue weighted by atomic mass is 19.4. The van der Waals surface area contributed by atoms with E-state index in [0.717, 1.165) is 37.1 Å². The molecule has 6 nitrogen and oxygen atoms in total. The molecule has 0 saturated carbocycles. The molecule has 0 bridgehead atoms. The summed E-state index contributed by atoms with van der Waals surface area (Å²) in [5, 5.41) is 0. The van der Waals surface area contributed by atoms with Crippen molar-refractivity contribution >= 4 is 11.8 Å². The van der Waals surface area contributed by atoms with Crippen LogP contribution in [0.15, 0.2) is 47.1 Å². The van der Waals surface area contributed by atoms with E-state index in [1.165, 1.54) is 18.4 Å². The highest BCUT2D eigenvalue weighted by Gasteiger charge is 2.38. The van der Waals surface area contributed by atoms with E-state index in [9.17, 15) is 22.8 Å². The van der Waals surface area contributed by atoms with Gasteiger partial charge in [0.25, 0.3) is 5.91 Å². The van der Waals surface area contributed by atoms with Gasteiger partial charge in [-0.15, -0.1) is 0 Å². The summed E-state index contributed by atoms with van der Waals surface area (Å²) in [6, 6.07) is 8.00. The van der Waals surface area contributed by atoms with Crippen LogP contribution in [0.5, 0.6) is 0 Å². The fourth-order valence-electron chi connectivity index (χ4n) is 4.43. The largest absolute Gasteiger partial charge is 0.459 e. The summed E-state index contributed by atoms with van der Waals surface area (Å²) in [5.74, 6) is -0.0633. The van der Waals surface area contributed by atoms with Gasteiger partial charge >= 0.3 is 6.18 Å². The molecule has 2 saturated heterocycles. The van der Waals surface area contributed by atoms with Gasteiger partial charge in [0.05, 0.1) is 11.8 Å². The zero-order valence-corrected chi connectivity index (χ0v) is 17.7. The van der Waals surface area contributed by atoms with E-state index in [1.807, 2.05) is 4.90 Å². The van der Waals surface area contributed by atoms with Crippen molar-refractivity contribution in [3.05, 3.63) is 59.5 Å². The average Bonchev–Trinajstić information content (AvgIpc) is 3.42. The van der Waals surface area contributed by atoms with Crippen molar-refractivity contribution in [3.8, 4) is 0 Å². The Bertz CT molecular complexity index is 928. The molecule has 2 amide bonds. The lowest BCUT2D eigenvalue weighted by Gasteiger charge is -2.29. The molecule has 2 aliphatic heterocycles. The summed E-state index contributed by atoms with van der Waals surface area (Å²) in [6.07, 6.45) is -0.715. The molecule has 0 N–H and O–H groups in total. The highest BCUT2D eigenvalue weighted by Crippen LogP contribution is 2.29. The number of hydrogen-bond acceptors (Lipinski definition) is 4. The highest BCUT2D eigenvalue weighted by molar-refractivity contribution is 5.96. The van der Waals surface area contributed by atoms with Crippen molar-refractivity contribution in [2.24, 2.45) is 0 Å². The lowest BCUT2D eigenvalue weighted by molar-refractivity contribution is -0.137. The minimum Gasteiger partial charge on any atom is -0.459 e. The monoisotopic (exact) mass is 449 g/mol. The molecule has 1 aromatic carbocycles. The van der Waals surface area contributed by atoms with Gasteiger partial charge in [-0.05, 0) is 49.1 Å². The molecule has 0 aliphatic carbocycles. The van der Waals surface area contributed by atoms with E-state index in [2.05, 4.69) is 4.90 Å². The van der Waals surface area contributed by atoms with E-state index < -0.39 is 17.8 Å². The van der Waals surface area contributed by atoms with E-state index >= 15 is 0 Å². The Balaban J connectivity index is 1.34. The zero-order valence-electron chi connectivity index (χ0n) is 17.7. The summed E-state index contributed by atoms with van der Waals surface area (Å²) >= 11 is 0. The molecule has 9 heteroatoms. The van der Waals surface area contributed by atoms with Crippen molar-refractivity contribution in [1.29, 1.82) is 0 Å². The molecule has 3 heterocycles. The molecule has 2 aliphatic rings. The van der Waals surface area contributed by atoms with Gasteiger partial charge in [0.1, 0.15) is 6.04 Å². The Morgan fingerprint density at radius 3 is 2.44 bits per heavy atom. The normalized spacial score (nSPS) is 20.4. The van der Waals surface area contributed by atoms with Crippen molar-refractivity contribution in [1.82, 2.24) is 14.7 Å². The van der Waals surface area contributed by atoms with Gasteiger partial charge < -0.3 is 14.2 Å². The SMILES string of the molecule is O=C([C@@H]1CCCN1C(=O)c1ccco1)N1CCCN(Cc2ccc(C(F)(F)F)cc2)CC1. The van der Waals surface area contributed by atoms with Crippen LogP contribution in [0, 0.1) is 0 Å². The number of amides is 2. The summed E-state index contributed by atoms with van der Waals surface area (Å²) in [6.45, 7) is 3.58. The van der Waals surface area contributed by atoms with E-state index in [4.69, 9.17) is 4.42 Å². The van der Waals surface area contributed by atoms with Gasteiger partial charge in [0.2, 0.25) is 5.91 Å². The smallest absolute Gasteiger partial charge is 0.416 e. The first-order valence-corrected chi connectivity index (χ1v) is 10.8. The Labute approximate surface area is 184 Å². The van der Waals surface area contributed by atoms with Gasteiger partial charge in [0.15, 0.2) is 5.76 Å². The van der Waals surface area contributed by atoms with E-state index in [0.29, 0.717) is 39.1 Å². The Hall–Kier alpha value is -2.81. The first kappa shape index (κ1) is 22.4. The molecule has 0 spiro atoms. The molecule has 172 valence electrons. The van der Waals surface area contributed by atoms with Crippen LogP contribution >= 0.6 is 0 Å². The third-order valence-corrected chi connectivity index (χ3v) is 6.12. The Morgan fingerprint density at radius 1 is 0.969 bits per heavy atom. The molecule has 2 fully saturated rings. The number of alkyl halides is 3. The number of rotatable bonds is 4. The number of carbonyl (C=O) groups excluding carboxylic acids is 2. The predicted octanol–water partition coefficient (Wildman–Crippen LogP) is 3.64. The van der Waals surface area contributed by atoms with Gasteiger partial charge in [-0.2, -0.15) is 13.2 Å². The van der Waals surface area contributed by atoms with Crippen molar-refractivity contribution in [3.63, 3.8) is 0 Å². The van der Waals surface area contributed by atoms with Crippen molar-refractivity contribution in [2.75, 3.05) is 32.7 Å². The molecule has 32 heavy (non-hydrogen) atoms. The molecular weight excluding hydrogens is 423 g/mol. The number of nitrogens with zero attached hydrogens (tertiary/aromatic N) is 3. The van der Waals surface area contributed by atoms with Crippen LogP contribution in [0.2, 0.25) is 0 Å². The number of benzene rings is 1. The molecule has 0 unspecified atom stereocenters. The van der Waals surface area contributed by atoms with Crippen LogP contribution in [0.25, 0.3) is 0 Å². The maximum absolute atomic E-state index is 13.2. The van der Waals surface area contributed by atoms with Gasteiger partial charge in [0, 0.05) is 39.3 Å². The summed E-state index contributed by atoms with van der Waals surface area (Å²) in [5.41, 5.74) is 0.155. The molecule has 1 aromatic heterocycles. The molecule has 4 rings (SSSR count). The fourth-order valence-corrected chi connectivity index (χ4v) is 4.43. The fraction of sp³-hybridized carbons (Fsp3) is 0.478. The van der Waals surface area contributed by atoms with E-state index in [-0.39, 0.29) is 17.6 Å². The van der Waals surface area contributed by atoms with Crippen LogP contribution in [-0.4, -0.2) is 65.3 Å². The van der Waals surface area contributed by atoms with E-state index in [1.54, 1.807) is 17.0 Å². The minimum atomic E-state index is -4.34. The molecular formula is C23H26F3N3O3. The molecule has 1 atom stereocenters. The molecule has 2 aromatic rings. The standard InChI is InChI=1S/C23H26F3N3O3/c24-23(25,26)18-8-6-17(7-9-18)16-27-10-3-11-28(14-13-27)21(30)19-4-1-12-29(19)22(31)20-5-2-15-32-20/h2,5-9,15,19H,1,3-4,10-14,16H2/t19-/m0/s1. The number of carbonyl (C=O) groups is 2. The van der Waals surface area contributed by atoms with Crippen molar-refractivity contribution in [2.45, 2.75) is 38.0 Å². The second-order valence-corrected chi connectivity index (χ2v) is 8.28. The second kappa shape index (κ2) is 9.36. The lowest BCUT2D eigenvalue weighted by Crippen LogP contribution is -2.48. The third-order valence-electron chi connectivity index (χ3n) is 6.12. The topological polar surface area (TPSA) is 57.0 Å². The van der Waals surface area contributed by atoms with Gasteiger partial charge in [-0.3, -0.25) is 14.5 Å². The zero-order chi connectivity index (χ0) is 22.7. The number of likely N-dealkylation sites (tertiary alicyclic amines) is 1. The maximum atomic E-state index is 13.2. The number of hydrogen-bond donors (Lipinski definition) is 0. The second-order valence-electron chi connectivity index (χ2n) is 8.28. The summed E-state index contributed by atoms with van der Waals surface area (Å²) in [7, 11) is 0. The maximum Gasteiger partial charge on any atom is 0.416 e. The summed E-state index contributed by atoms with van der Waals surface area (Å²) < 4.78 is 43.5. The third kappa shape index (κ3) is 4.98. The van der Waals surface area contributed by atoms with Crippen LogP contribution in [0.1, 0.15) is 40.9 Å². The first-order valence-electron chi connectivity index (χ1n) is 10.8. The lowest BCUT2D eigenvalue weighted by atomic mass is 10.1. The van der Waals surface area contributed by atoms with Gasteiger partial charge in [-0.1, -0.05) is 12.1 Å². The van der Waals surface area contributed by atoms with Crippen LogP contribution in [-0.2, 0) is 17.5 Å². The number of furan rings is 1. The Kier molecular flexibility index (Phi) is 6.55. The van der Waals surface area contributed by atoms with Crippen LogP contribution < -0.4 is 0 Å². The average molecular weight is 449 g/mol. The van der Waals surface area contributed by atoms with Crippen LogP contribution in [0.3, 0.4) is 0 Å². The first-order chi connectivity index (χ1) is 15.3. The van der Waals surface area contributed by atoms with Crippen molar-refractivity contribution < 1.29 is 27.2 Å². The Morgan fingerprint density at radius 2 is 1.75 bits per heavy atom.